The number of nitrogens with zero attached hydrogens (tertiary/aromatic N) is 3. The van der Waals surface area contributed by atoms with E-state index in [1.807, 2.05) is 0 Å². The van der Waals surface area contributed by atoms with Crippen LogP contribution in [0.15, 0.2) is 40.6 Å². The maximum atomic E-state index is 11.0. The molecule has 2 rings (SSSR count). The number of aromatic nitrogens is 2. The molecule has 1 N–H and O–H groups in total. The highest BCUT2D eigenvalue weighted by Gasteiger charge is 2.20. The Balaban J connectivity index is 2.39. The van der Waals surface area contributed by atoms with Gasteiger partial charge in [0.05, 0.1) is 4.92 Å². The zero-order valence-electron chi connectivity index (χ0n) is 9.81. The summed E-state index contributed by atoms with van der Waals surface area (Å²) in [6, 6.07) is 3.97. The average Bonchev–Trinajstić information content (AvgIpc) is 2.74. The van der Waals surface area contributed by atoms with Crippen LogP contribution in [0.25, 0.3) is 0 Å². The third-order valence-corrected chi connectivity index (χ3v) is 3.45. The highest BCUT2D eigenvalue weighted by atomic mass is 32.2. The fraction of sp³-hybridized carbons (Fsp3) is 0.0909. The molecular weight excluding hydrogens is 270 g/mol. The minimum atomic E-state index is -1.33. The van der Waals surface area contributed by atoms with Crippen LogP contribution in [0.2, 0.25) is 0 Å². The van der Waals surface area contributed by atoms with E-state index >= 15 is 0 Å². The molecule has 0 amide bonds. The number of hydrogen-bond acceptors (Lipinski definition) is 5. The zero-order chi connectivity index (χ0) is 14.0. The molecule has 0 atom stereocenters. The maximum Gasteiger partial charge on any atom is 0.342 e. The molecule has 98 valence electrons. The molecule has 0 spiro atoms. The molecular formula is C11H9N3O4S. The number of aryl methyl sites for hydroxylation is 1. The number of nitro benzene ring substituents is 1. The van der Waals surface area contributed by atoms with Crippen molar-refractivity contribution in [1.29, 1.82) is 0 Å². The predicted octanol–water partition coefficient (Wildman–Crippen LogP) is 2.18. The number of rotatable bonds is 4. The summed E-state index contributed by atoms with van der Waals surface area (Å²) in [5.41, 5.74) is -0.749. The number of carboxylic acids is 1. The second kappa shape index (κ2) is 5.11. The maximum absolute atomic E-state index is 11.0. The summed E-state index contributed by atoms with van der Waals surface area (Å²) in [6.07, 6.45) is 3.37. The van der Waals surface area contributed by atoms with Gasteiger partial charge in [-0.3, -0.25) is 10.1 Å². The molecule has 1 aromatic carbocycles. The van der Waals surface area contributed by atoms with E-state index in [1.54, 1.807) is 24.0 Å². The fourth-order valence-electron chi connectivity index (χ4n) is 1.46. The molecule has 0 saturated heterocycles. The van der Waals surface area contributed by atoms with Crippen molar-refractivity contribution in [3.63, 3.8) is 0 Å². The van der Waals surface area contributed by atoms with Crippen molar-refractivity contribution in [3.8, 4) is 0 Å². The molecule has 1 heterocycles. The Hall–Kier alpha value is -2.35. The lowest BCUT2D eigenvalue weighted by atomic mass is 10.2. The van der Waals surface area contributed by atoms with E-state index in [1.165, 1.54) is 30.0 Å². The molecule has 0 unspecified atom stereocenters. The number of carboxylic acid groups (broad SMARTS) is 1. The van der Waals surface area contributed by atoms with E-state index in [-0.39, 0.29) is 5.56 Å². The first kappa shape index (κ1) is 13.1. The van der Waals surface area contributed by atoms with Gasteiger partial charge in [0, 0.05) is 30.4 Å². The zero-order valence-corrected chi connectivity index (χ0v) is 10.6. The smallest absolute Gasteiger partial charge is 0.342 e. The van der Waals surface area contributed by atoms with Gasteiger partial charge in [0.25, 0.3) is 5.69 Å². The van der Waals surface area contributed by atoms with Crippen LogP contribution in [0.1, 0.15) is 10.4 Å². The van der Waals surface area contributed by atoms with Gasteiger partial charge in [0.2, 0.25) is 0 Å². The van der Waals surface area contributed by atoms with Crippen LogP contribution in [-0.4, -0.2) is 25.6 Å². The Labute approximate surface area is 112 Å². The molecule has 0 fully saturated rings. The van der Waals surface area contributed by atoms with Gasteiger partial charge in [-0.1, -0.05) is 11.8 Å². The molecule has 19 heavy (non-hydrogen) atoms. The van der Waals surface area contributed by atoms with Gasteiger partial charge in [-0.15, -0.1) is 0 Å². The quantitative estimate of drug-likeness (QED) is 0.680. The Kier molecular flexibility index (Phi) is 3.52. The third kappa shape index (κ3) is 2.74. The average molecular weight is 279 g/mol. The molecule has 0 bridgehead atoms. The summed E-state index contributed by atoms with van der Waals surface area (Å²) in [7, 11) is 1.80. The summed E-state index contributed by atoms with van der Waals surface area (Å²) in [4.78, 5) is 25.7. The van der Waals surface area contributed by atoms with Crippen LogP contribution in [0, 0.1) is 10.1 Å². The Morgan fingerprint density at radius 1 is 1.53 bits per heavy atom. The topological polar surface area (TPSA) is 98.3 Å². The first-order valence-corrected chi connectivity index (χ1v) is 5.97. The van der Waals surface area contributed by atoms with Crippen molar-refractivity contribution >= 4 is 23.4 Å². The largest absolute Gasteiger partial charge is 0.477 e. The number of carbonyl (C=O) groups is 1. The van der Waals surface area contributed by atoms with Crippen molar-refractivity contribution in [2.75, 3.05) is 0 Å². The van der Waals surface area contributed by atoms with Crippen LogP contribution in [0.4, 0.5) is 5.69 Å². The van der Waals surface area contributed by atoms with Crippen molar-refractivity contribution < 1.29 is 14.8 Å². The number of aromatic carboxylic acids is 1. The van der Waals surface area contributed by atoms with Crippen molar-refractivity contribution in [3.05, 3.63) is 46.3 Å². The fourth-order valence-corrected chi connectivity index (χ4v) is 2.31. The predicted molar refractivity (Wildman–Crippen MR) is 67.4 cm³/mol. The Morgan fingerprint density at radius 3 is 2.79 bits per heavy atom. The van der Waals surface area contributed by atoms with Crippen molar-refractivity contribution in [2.24, 2.45) is 7.05 Å². The molecule has 2 aromatic rings. The number of hydrogen-bond donors (Lipinski definition) is 1. The molecule has 0 aliphatic rings. The monoisotopic (exact) mass is 279 g/mol. The minimum absolute atomic E-state index is 0.329. The van der Waals surface area contributed by atoms with Crippen molar-refractivity contribution in [1.82, 2.24) is 9.55 Å². The van der Waals surface area contributed by atoms with E-state index in [2.05, 4.69) is 4.98 Å². The van der Waals surface area contributed by atoms with E-state index in [4.69, 9.17) is 5.11 Å². The summed E-state index contributed by atoms with van der Waals surface area (Å²) < 4.78 is 1.77. The SMILES string of the molecule is Cn1ccnc1Sc1ccc([N+](=O)[O-])c(C(=O)O)c1. The number of imidazole rings is 1. The highest BCUT2D eigenvalue weighted by Crippen LogP contribution is 2.30. The van der Waals surface area contributed by atoms with Gasteiger partial charge in [0.15, 0.2) is 5.16 Å². The summed E-state index contributed by atoms with van der Waals surface area (Å²) in [5.74, 6) is -1.33. The van der Waals surface area contributed by atoms with Crippen LogP contribution in [-0.2, 0) is 7.05 Å². The molecule has 8 heteroatoms. The first-order chi connectivity index (χ1) is 8.99. The lowest BCUT2D eigenvalue weighted by Crippen LogP contribution is -2.02. The summed E-state index contributed by atoms with van der Waals surface area (Å²) in [6.45, 7) is 0. The van der Waals surface area contributed by atoms with E-state index in [0.717, 1.165) is 0 Å². The number of nitro groups is 1. The Morgan fingerprint density at radius 2 is 2.26 bits per heavy atom. The standard InChI is InChI=1S/C11H9N3O4S/c1-13-5-4-12-11(13)19-7-2-3-9(14(17)18)8(6-7)10(15)16/h2-6H,1H3,(H,15,16). The Bertz CT molecular complexity index is 653. The van der Waals surface area contributed by atoms with E-state index in [9.17, 15) is 14.9 Å². The van der Waals surface area contributed by atoms with Gasteiger partial charge >= 0.3 is 5.97 Å². The molecule has 7 nitrogen and oxygen atoms in total. The molecule has 0 radical (unpaired) electrons. The summed E-state index contributed by atoms with van der Waals surface area (Å²) in [5, 5.41) is 20.4. The van der Waals surface area contributed by atoms with Crippen LogP contribution in [0.5, 0.6) is 0 Å². The second-order valence-electron chi connectivity index (χ2n) is 3.66. The van der Waals surface area contributed by atoms with Gasteiger partial charge in [-0.05, 0) is 12.1 Å². The van der Waals surface area contributed by atoms with Crippen LogP contribution < -0.4 is 0 Å². The third-order valence-electron chi connectivity index (χ3n) is 2.38. The summed E-state index contributed by atoms with van der Waals surface area (Å²) >= 11 is 1.24. The normalized spacial score (nSPS) is 10.4. The van der Waals surface area contributed by atoms with E-state index in [0.29, 0.717) is 10.1 Å². The lowest BCUT2D eigenvalue weighted by molar-refractivity contribution is -0.385. The van der Waals surface area contributed by atoms with Crippen LogP contribution in [0.3, 0.4) is 0 Å². The van der Waals surface area contributed by atoms with Gasteiger partial charge in [-0.25, -0.2) is 9.78 Å². The van der Waals surface area contributed by atoms with Gasteiger partial charge < -0.3 is 9.67 Å². The van der Waals surface area contributed by atoms with Gasteiger partial charge in [0.1, 0.15) is 5.56 Å². The molecule has 0 saturated carbocycles. The highest BCUT2D eigenvalue weighted by molar-refractivity contribution is 7.99. The molecule has 1 aromatic heterocycles. The number of benzene rings is 1. The minimum Gasteiger partial charge on any atom is -0.477 e. The first-order valence-electron chi connectivity index (χ1n) is 5.16. The second-order valence-corrected chi connectivity index (χ2v) is 4.70. The van der Waals surface area contributed by atoms with Crippen LogP contribution >= 0.6 is 11.8 Å². The molecule has 0 aliphatic heterocycles. The van der Waals surface area contributed by atoms with Crippen molar-refractivity contribution in [2.45, 2.75) is 10.1 Å². The lowest BCUT2D eigenvalue weighted by Gasteiger charge is -2.03. The molecule has 0 aliphatic carbocycles. The van der Waals surface area contributed by atoms with E-state index < -0.39 is 16.6 Å². The van der Waals surface area contributed by atoms with Gasteiger partial charge in [-0.2, -0.15) is 0 Å².